The lowest BCUT2D eigenvalue weighted by molar-refractivity contribution is -0.128. The highest BCUT2D eigenvalue weighted by Gasteiger charge is 2.23. The van der Waals surface area contributed by atoms with E-state index in [1.165, 1.54) is 0 Å². The molecule has 27 heavy (non-hydrogen) atoms. The molecule has 5 nitrogen and oxygen atoms in total. The van der Waals surface area contributed by atoms with E-state index < -0.39 is 0 Å². The van der Waals surface area contributed by atoms with Crippen molar-refractivity contribution in [3.8, 4) is 6.07 Å². The first-order valence-corrected chi connectivity index (χ1v) is 9.13. The van der Waals surface area contributed by atoms with Crippen molar-refractivity contribution in [1.82, 2.24) is 9.80 Å². The Morgan fingerprint density at radius 1 is 1.04 bits per heavy atom. The number of anilines is 1. The molecule has 1 aliphatic rings. The van der Waals surface area contributed by atoms with Crippen molar-refractivity contribution >= 4 is 11.6 Å². The fraction of sp³-hybridized carbons (Fsp3) is 0.273. The van der Waals surface area contributed by atoms with Crippen molar-refractivity contribution in [2.45, 2.75) is 6.54 Å². The summed E-state index contributed by atoms with van der Waals surface area (Å²) in [6.45, 7) is 3.55. The Morgan fingerprint density at radius 3 is 2.22 bits per heavy atom. The average Bonchev–Trinajstić information content (AvgIpc) is 2.72. The third-order valence-corrected chi connectivity index (χ3v) is 4.71. The maximum absolute atomic E-state index is 12.8. The first-order chi connectivity index (χ1) is 13.2. The van der Waals surface area contributed by atoms with Gasteiger partial charge in [0.2, 0.25) is 0 Å². The molecule has 0 N–H and O–H groups in total. The maximum atomic E-state index is 12.8. The number of piperazine rings is 1. The molecule has 0 saturated carbocycles. The van der Waals surface area contributed by atoms with Crippen LogP contribution in [-0.2, 0) is 11.3 Å². The number of carbonyl (C=O) groups is 1. The molecule has 0 spiro atoms. The Balaban J connectivity index is 1.86. The molecular formula is C22H24N4O. The van der Waals surface area contributed by atoms with Gasteiger partial charge in [-0.2, -0.15) is 5.26 Å². The number of nitrogens with zero attached hydrogens (tertiary/aromatic N) is 4. The molecule has 0 unspecified atom stereocenters. The summed E-state index contributed by atoms with van der Waals surface area (Å²) in [6, 6.07) is 22.0. The molecule has 1 aliphatic heterocycles. The van der Waals surface area contributed by atoms with E-state index in [1.807, 2.05) is 72.6 Å². The van der Waals surface area contributed by atoms with Crippen LogP contribution in [0.4, 0.5) is 5.69 Å². The van der Waals surface area contributed by atoms with Gasteiger partial charge in [0, 0.05) is 44.6 Å². The van der Waals surface area contributed by atoms with Crippen LogP contribution in [0.15, 0.2) is 72.4 Å². The number of rotatable bonds is 5. The second kappa shape index (κ2) is 9.02. The van der Waals surface area contributed by atoms with Gasteiger partial charge in [0.1, 0.15) is 11.6 Å². The summed E-state index contributed by atoms with van der Waals surface area (Å²) in [7, 11) is 2.04. The number of carbonyl (C=O) groups excluding carboxylic acids is 1. The van der Waals surface area contributed by atoms with E-state index in [4.69, 9.17) is 0 Å². The van der Waals surface area contributed by atoms with Gasteiger partial charge in [0.15, 0.2) is 0 Å². The van der Waals surface area contributed by atoms with E-state index in [1.54, 1.807) is 11.1 Å². The molecule has 0 bridgehead atoms. The summed E-state index contributed by atoms with van der Waals surface area (Å²) >= 11 is 0. The van der Waals surface area contributed by atoms with Crippen molar-refractivity contribution in [3.63, 3.8) is 0 Å². The Bertz CT molecular complexity index is 818. The van der Waals surface area contributed by atoms with Gasteiger partial charge >= 0.3 is 0 Å². The summed E-state index contributed by atoms with van der Waals surface area (Å²) in [6.07, 6.45) is 1.68. The summed E-state index contributed by atoms with van der Waals surface area (Å²) in [5, 5.41) is 9.64. The van der Waals surface area contributed by atoms with Gasteiger partial charge in [0.25, 0.3) is 5.91 Å². The smallest absolute Gasteiger partial charge is 0.266 e. The summed E-state index contributed by atoms with van der Waals surface area (Å²) in [4.78, 5) is 18.8. The van der Waals surface area contributed by atoms with Crippen LogP contribution in [0.2, 0.25) is 0 Å². The number of hydrogen-bond acceptors (Lipinski definition) is 4. The van der Waals surface area contributed by atoms with Crippen LogP contribution in [-0.4, -0.2) is 48.9 Å². The van der Waals surface area contributed by atoms with Crippen LogP contribution < -0.4 is 4.90 Å². The number of hydrogen-bond donors (Lipinski definition) is 0. The molecule has 5 heteroatoms. The molecule has 138 valence electrons. The second-order valence-electron chi connectivity index (χ2n) is 6.70. The minimum atomic E-state index is -0.195. The fourth-order valence-electron chi connectivity index (χ4n) is 3.08. The monoisotopic (exact) mass is 360 g/mol. The third kappa shape index (κ3) is 4.96. The van der Waals surface area contributed by atoms with E-state index in [9.17, 15) is 10.1 Å². The van der Waals surface area contributed by atoms with E-state index in [2.05, 4.69) is 11.0 Å². The van der Waals surface area contributed by atoms with Gasteiger partial charge in [-0.1, -0.05) is 48.5 Å². The number of para-hydroxylation sites is 1. The molecule has 3 rings (SSSR count). The van der Waals surface area contributed by atoms with Gasteiger partial charge in [-0.3, -0.25) is 4.79 Å². The average molecular weight is 360 g/mol. The normalized spacial score (nSPS) is 15.3. The van der Waals surface area contributed by atoms with Crippen LogP contribution in [0.1, 0.15) is 5.56 Å². The summed E-state index contributed by atoms with van der Waals surface area (Å²) in [5.74, 6) is -0.195. The predicted molar refractivity (Wildman–Crippen MR) is 107 cm³/mol. The van der Waals surface area contributed by atoms with Crippen molar-refractivity contribution < 1.29 is 4.79 Å². The summed E-state index contributed by atoms with van der Waals surface area (Å²) < 4.78 is 0. The number of benzene rings is 2. The zero-order valence-corrected chi connectivity index (χ0v) is 15.6. The molecule has 0 aromatic heterocycles. The minimum absolute atomic E-state index is 0.166. The van der Waals surface area contributed by atoms with E-state index in [0.29, 0.717) is 19.6 Å². The molecule has 0 atom stereocenters. The molecule has 0 radical (unpaired) electrons. The first kappa shape index (κ1) is 18.7. The topological polar surface area (TPSA) is 50.6 Å². The fourth-order valence-corrected chi connectivity index (χ4v) is 3.08. The zero-order valence-electron chi connectivity index (χ0n) is 15.6. The Kier molecular flexibility index (Phi) is 6.24. The molecule has 1 heterocycles. The van der Waals surface area contributed by atoms with E-state index in [-0.39, 0.29) is 11.5 Å². The standard InChI is InChI=1S/C22H24N4O/c1-24-12-14-25(15-13-24)22(27)20(16-23)18-26(21-10-6-3-7-11-21)17-19-8-4-2-5-9-19/h2-11,18H,12-15,17H2,1H3/b20-18-. The van der Waals surface area contributed by atoms with Gasteiger partial charge in [0.05, 0.1) is 0 Å². The van der Waals surface area contributed by atoms with E-state index >= 15 is 0 Å². The van der Waals surface area contributed by atoms with E-state index in [0.717, 1.165) is 24.3 Å². The van der Waals surface area contributed by atoms with Gasteiger partial charge in [-0.15, -0.1) is 0 Å². The summed E-state index contributed by atoms with van der Waals surface area (Å²) in [5.41, 5.74) is 2.22. The van der Waals surface area contributed by atoms with Crippen molar-refractivity contribution in [2.75, 3.05) is 38.1 Å². The molecule has 0 aliphatic carbocycles. The zero-order chi connectivity index (χ0) is 19.1. The van der Waals surface area contributed by atoms with Crippen LogP contribution >= 0.6 is 0 Å². The molecule has 1 amide bonds. The Morgan fingerprint density at radius 2 is 1.63 bits per heavy atom. The van der Waals surface area contributed by atoms with Crippen LogP contribution in [0.5, 0.6) is 0 Å². The quantitative estimate of drug-likeness (QED) is 0.608. The van der Waals surface area contributed by atoms with Crippen molar-refractivity contribution in [3.05, 3.63) is 78.0 Å². The lowest BCUT2D eigenvalue weighted by Gasteiger charge is -2.32. The minimum Gasteiger partial charge on any atom is -0.342 e. The van der Waals surface area contributed by atoms with Crippen LogP contribution in [0.3, 0.4) is 0 Å². The largest absolute Gasteiger partial charge is 0.342 e. The second-order valence-corrected chi connectivity index (χ2v) is 6.70. The van der Waals surface area contributed by atoms with Crippen LogP contribution in [0.25, 0.3) is 0 Å². The Hall–Kier alpha value is -3.10. The van der Waals surface area contributed by atoms with Gasteiger partial charge < -0.3 is 14.7 Å². The molecule has 2 aromatic carbocycles. The highest BCUT2D eigenvalue weighted by Crippen LogP contribution is 2.19. The molecule has 2 aromatic rings. The number of likely N-dealkylation sites (N-methyl/N-ethyl adjacent to an activating group) is 1. The SMILES string of the molecule is CN1CCN(C(=O)/C(C#N)=C\N(Cc2ccccc2)c2ccccc2)CC1. The van der Waals surface area contributed by atoms with Crippen LogP contribution in [0, 0.1) is 11.3 Å². The molecular weight excluding hydrogens is 336 g/mol. The first-order valence-electron chi connectivity index (χ1n) is 9.13. The van der Waals surface area contributed by atoms with Gasteiger partial charge in [-0.25, -0.2) is 0 Å². The molecule has 1 saturated heterocycles. The lowest BCUT2D eigenvalue weighted by atomic mass is 10.1. The molecule has 1 fully saturated rings. The predicted octanol–water partition coefficient (Wildman–Crippen LogP) is 2.87. The van der Waals surface area contributed by atoms with Gasteiger partial charge in [-0.05, 0) is 24.7 Å². The Labute approximate surface area is 160 Å². The highest BCUT2D eigenvalue weighted by atomic mass is 16.2. The highest BCUT2D eigenvalue weighted by molar-refractivity contribution is 5.97. The third-order valence-electron chi connectivity index (χ3n) is 4.71. The number of nitriles is 1. The maximum Gasteiger partial charge on any atom is 0.266 e. The number of amides is 1. The van der Waals surface area contributed by atoms with Crippen molar-refractivity contribution in [1.29, 1.82) is 5.26 Å². The van der Waals surface area contributed by atoms with Crippen molar-refractivity contribution in [2.24, 2.45) is 0 Å². The lowest BCUT2D eigenvalue weighted by Crippen LogP contribution is -2.47.